The molecule has 160 valence electrons. The average Bonchev–Trinajstić information content (AvgIpc) is 2.72. The summed E-state index contributed by atoms with van der Waals surface area (Å²) in [6, 6.07) is 13.9. The molecule has 1 aliphatic heterocycles. The van der Waals surface area contributed by atoms with Crippen LogP contribution < -0.4 is 20.4 Å². The molecule has 6 heteroatoms. The molecule has 1 unspecified atom stereocenters. The number of amides is 2. The number of aryl methyl sites for hydroxylation is 1. The van der Waals surface area contributed by atoms with Gasteiger partial charge in [-0.2, -0.15) is 0 Å². The SMILES string of the molecule is Cc1cccc(NC(=O)C[NH+](C)CC(=O)Nc2ccc(N3CCCCC3)cc2)c1C. The Kier molecular flexibility index (Phi) is 7.46. The monoisotopic (exact) mass is 409 g/mol. The topological polar surface area (TPSA) is 65.9 Å². The molecule has 3 rings (SSSR count). The van der Waals surface area contributed by atoms with Crippen molar-refractivity contribution in [3.8, 4) is 0 Å². The molecule has 2 aromatic carbocycles. The van der Waals surface area contributed by atoms with E-state index in [1.165, 1.54) is 24.9 Å². The van der Waals surface area contributed by atoms with Crippen molar-refractivity contribution < 1.29 is 14.5 Å². The van der Waals surface area contributed by atoms with Gasteiger partial charge in [-0.25, -0.2) is 0 Å². The van der Waals surface area contributed by atoms with E-state index in [2.05, 4.69) is 27.7 Å². The number of likely N-dealkylation sites (N-methyl/N-ethyl adjacent to an activating group) is 1. The summed E-state index contributed by atoms with van der Waals surface area (Å²) in [5, 5.41) is 5.88. The van der Waals surface area contributed by atoms with Crippen LogP contribution in [0.2, 0.25) is 0 Å². The number of anilines is 3. The van der Waals surface area contributed by atoms with Gasteiger partial charge in [0.05, 0.1) is 7.05 Å². The van der Waals surface area contributed by atoms with Crippen LogP contribution in [-0.2, 0) is 9.59 Å². The minimum absolute atomic E-state index is 0.0973. The number of carbonyl (C=O) groups excluding carboxylic acids is 2. The minimum Gasteiger partial charge on any atom is -0.372 e. The van der Waals surface area contributed by atoms with Crippen molar-refractivity contribution in [2.24, 2.45) is 0 Å². The molecule has 2 aromatic rings. The lowest BCUT2D eigenvalue weighted by Crippen LogP contribution is -3.11. The van der Waals surface area contributed by atoms with Crippen LogP contribution in [0.4, 0.5) is 17.1 Å². The molecule has 30 heavy (non-hydrogen) atoms. The summed E-state index contributed by atoms with van der Waals surface area (Å²) in [6.07, 6.45) is 3.79. The molecule has 1 aliphatic rings. The van der Waals surface area contributed by atoms with Crippen LogP contribution in [0.25, 0.3) is 0 Å². The van der Waals surface area contributed by atoms with Crippen molar-refractivity contribution in [3.63, 3.8) is 0 Å². The van der Waals surface area contributed by atoms with Crippen LogP contribution in [-0.4, -0.2) is 45.0 Å². The predicted molar refractivity (Wildman–Crippen MR) is 122 cm³/mol. The van der Waals surface area contributed by atoms with E-state index in [0.717, 1.165) is 40.5 Å². The van der Waals surface area contributed by atoms with Gasteiger partial charge < -0.3 is 20.4 Å². The van der Waals surface area contributed by atoms with Gasteiger partial charge in [-0.3, -0.25) is 9.59 Å². The number of hydrogen-bond acceptors (Lipinski definition) is 3. The van der Waals surface area contributed by atoms with Gasteiger partial charge in [0, 0.05) is 30.2 Å². The molecular formula is C24H33N4O2+. The van der Waals surface area contributed by atoms with E-state index in [-0.39, 0.29) is 24.9 Å². The lowest BCUT2D eigenvalue weighted by Gasteiger charge is -2.28. The molecule has 0 aliphatic carbocycles. The molecule has 3 N–H and O–H groups in total. The maximum atomic E-state index is 12.4. The molecule has 6 nitrogen and oxygen atoms in total. The zero-order valence-electron chi connectivity index (χ0n) is 18.3. The van der Waals surface area contributed by atoms with Crippen LogP contribution in [0.5, 0.6) is 0 Å². The molecule has 0 saturated carbocycles. The number of benzene rings is 2. The van der Waals surface area contributed by atoms with E-state index in [9.17, 15) is 9.59 Å². The summed E-state index contributed by atoms with van der Waals surface area (Å²) < 4.78 is 0. The number of carbonyl (C=O) groups is 2. The predicted octanol–water partition coefficient (Wildman–Crippen LogP) is 2.39. The van der Waals surface area contributed by atoms with E-state index < -0.39 is 0 Å². The third kappa shape index (κ3) is 6.07. The number of rotatable bonds is 7. The van der Waals surface area contributed by atoms with Crippen molar-refractivity contribution in [2.75, 3.05) is 48.8 Å². The highest BCUT2D eigenvalue weighted by Crippen LogP contribution is 2.21. The van der Waals surface area contributed by atoms with Gasteiger partial charge in [0.25, 0.3) is 11.8 Å². The Labute approximate surface area is 179 Å². The van der Waals surface area contributed by atoms with Gasteiger partial charge in [0.1, 0.15) is 0 Å². The highest BCUT2D eigenvalue weighted by Gasteiger charge is 2.16. The summed E-state index contributed by atoms with van der Waals surface area (Å²) in [4.78, 5) is 27.9. The van der Waals surface area contributed by atoms with E-state index in [0.29, 0.717) is 0 Å². The molecule has 0 aromatic heterocycles. The number of quaternary nitrogens is 1. The molecule has 0 spiro atoms. The first-order valence-corrected chi connectivity index (χ1v) is 10.7. The third-order valence-electron chi connectivity index (χ3n) is 5.68. The minimum atomic E-state index is -0.0993. The van der Waals surface area contributed by atoms with E-state index in [1.54, 1.807) is 0 Å². The maximum Gasteiger partial charge on any atom is 0.279 e. The zero-order valence-corrected chi connectivity index (χ0v) is 18.3. The lowest BCUT2D eigenvalue weighted by atomic mass is 10.1. The Bertz CT molecular complexity index is 873. The Morgan fingerprint density at radius 1 is 0.900 bits per heavy atom. The summed E-state index contributed by atoms with van der Waals surface area (Å²) in [7, 11) is 1.85. The number of piperidine rings is 1. The summed E-state index contributed by atoms with van der Waals surface area (Å²) in [5.41, 5.74) is 5.02. The van der Waals surface area contributed by atoms with Gasteiger partial charge in [-0.1, -0.05) is 12.1 Å². The number of nitrogens with zero attached hydrogens (tertiary/aromatic N) is 1. The molecule has 0 bridgehead atoms. The Morgan fingerprint density at radius 2 is 1.53 bits per heavy atom. The normalized spacial score (nSPS) is 14.8. The molecule has 1 fully saturated rings. The van der Waals surface area contributed by atoms with Gasteiger partial charge in [-0.15, -0.1) is 0 Å². The third-order valence-corrected chi connectivity index (χ3v) is 5.68. The van der Waals surface area contributed by atoms with Gasteiger partial charge in [0.15, 0.2) is 13.1 Å². The second-order valence-corrected chi connectivity index (χ2v) is 8.25. The first kappa shape index (κ1) is 21.8. The molecule has 2 amide bonds. The summed E-state index contributed by atoms with van der Waals surface area (Å²) >= 11 is 0. The van der Waals surface area contributed by atoms with Gasteiger partial charge in [0.2, 0.25) is 0 Å². The molecular weight excluding hydrogens is 376 g/mol. The van der Waals surface area contributed by atoms with Crippen LogP contribution in [0.3, 0.4) is 0 Å². The lowest BCUT2D eigenvalue weighted by molar-refractivity contribution is -0.862. The van der Waals surface area contributed by atoms with Crippen molar-refractivity contribution in [1.82, 2.24) is 0 Å². The zero-order chi connectivity index (χ0) is 21.5. The van der Waals surface area contributed by atoms with Crippen molar-refractivity contribution in [3.05, 3.63) is 53.6 Å². The summed E-state index contributed by atoms with van der Waals surface area (Å²) in [6.45, 7) is 6.67. The van der Waals surface area contributed by atoms with Crippen molar-refractivity contribution in [2.45, 2.75) is 33.1 Å². The van der Waals surface area contributed by atoms with Crippen molar-refractivity contribution in [1.29, 1.82) is 0 Å². The second kappa shape index (κ2) is 10.3. The first-order valence-electron chi connectivity index (χ1n) is 10.7. The first-order chi connectivity index (χ1) is 14.4. The van der Waals surface area contributed by atoms with Gasteiger partial charge >= 0.3 is 0 Å². The van der Waals surface area contributed by atoms with Crippen LogP contribution in [0, 0.1) is 13.8 Å². The Hall–Kier alpha value is -2.86. The van der Waals surface area contributed by atoms with Crippen LogP contribution in [0.15, 0.2) is 42.5 Å². The number of nitrogens with one attached hydrogen (secondary N) is 3. The quantitative estimate of drug-likeness (QED) is 0.658. The number of hydrogen-bond donors (Lipinski definition) is 3. The van der Waals surface area contributed by atoms with E-state index in [4.69, 9.17) is 0 Å². The van der Waals surface area contributed by atoms with Crippen LogP contribution >= 0.6 is 0 Å². The fourth-order valence-corrected chi connectivity index (χ4v) is 3.80. The highest BCUT2D eigenvalue weighted by molar-refractivity contribution is 5.93. The molecule has 0 radical (unpaired) electrons. The van der Waals surface area contributed by atoms with Gasteiger partial charge in [-0.05, 0) is 74.6 Å². The largest absolute Gasteiger partial charge is 0.372 e. The molecule has 1 saturated heterocycles. The fourth-order valence-electron chi connectivity index (χ4n) is 3.80. The molecule has 1 atom stereocenters. The van der Waals surface area contributed by atoms with Crippen molar-refractivity contribution >= 4 is 28.9 Å². The Morgan fingerprint density at radius 3 is 2.20 bits per heavy atom. The molecule has 1 heterocycles. The second-order valence-electron chi connectivity index (χ2n) is 8.25. The average molecular weight is 410 g/mol. The standard InChI is InChI=1S/C24H32N4O2/c1-18-8-7-9-22(19(18)2)26-24(30)17-27(3)16-23(29)25-20-10-12-21(13-11-20)28-14-5-4-6-15-28/h7-13H,4-6,14-17H2,1-3H3,(H,25,29)(H,26,30)/p+1. The van der Waals surface area contributed by atoms with Crippen LogP contribution in [0.1, 0.15) is 30.4 Å². The summed E-state index contributed by atoms with van der Waals surface area (Å²) in [5.74, 6) is -0.197. The fraction of sp³-hybridized carbons (Fsp3) is 0.417. The Balaban J connectivity index is 1.45. The maximum absolute atomic E-state index is 12.4. The highest BCUT2D eigenvalue weighted by atomic mass is 16.2. The van der Waals surface area contributed by atoms with E-state index >= 15 is 0 Å². The smallest absolute Gasteiger partial charge is 0.279 e. The van der Waals surface area contributed by atoms with E-state index in [1.807, 2.05) is 51.2 Å².